The smallest absolute Gasteiger partial charge is 0.306 e. The summed E-state index contributed by atoms with van der Waals surface area (Å²) < 4.78 is 16.4. The number of rotatable bonds is 17. The van der Waals surface area contributed by atoms with Crippen molar-refractivity contribution in [3.63, 3.8) is 0 Å². The van der Waals surface area contributed by atoms with Gasteiger partial charge >= 0.3 is 5.97 Å². The molecule has 7 nitrogen and oxygen atoms in total. The summed E-state index contributed by atoms with van der Waals surface area (Å²) in [4.78, 5) is 24.8. The molecule has 0 fully saturated rings. The highest BCUT2D eigenvalue weighted by atomic mass is 16.5. The van der Waals surface area contributed by atoms with Crippen LogP contribution >= 0.6 is 0 Å². The molecular weight excluding hydrogens is 396 g/mol. The molecule has 180 valence electrons. The first kappa shape index (κ1) is 29.5. The zero-order valence-electron chi connectivity index (χ0n) is 20.9. The summed E-state index contributed by atoms with van der Waals surface area (Å²) in [7, 11) is 1.70. The Kier molecular flexibility index (Phi) is 13.2. The Balaban J connectivity index is 4.65. The highest BCUT2D eigenvalue weighted by Crippen LogP contribution is 2.19. The number of terminal acetylenes is 1. The van der Waals surface area contributed by atoms with Crippen LogP contribution in [0.15, 0.2) is 0 Å². The second-order valence-electron chi connectivity index (χ2n) is 9.50. The first-order valence-electron chi connectivity index (χ1n) is 11.1. The predicted molar refractivity (Wildman–Crippen MR) is 124 cm³/mol. The molecule has 0 aliphatic heterocycles. The van der Waals surface area contributed by atoms with E-state index in [4.69, 9.17) is 20.6 Å². The molecule has 0 rings (SSSR count). The molecule has 2 N–H and O–H groups in total. The van der Waals surface area contributed by atoms with Crippen LogP contribution in [0.25, 0.3) is 0 Å². The second-order valence-corrected chi connectivity index (χ2v) is 9.50. The summed E-state index contributed by atoms with van der Waals surface area (Å²) in [5, 5.41) is 6.54. The molecule has 7 heteroatoms. The third kappa shape index (κ3) is 12.9. The van der Waals surface area contributed by atoms with E-state index in [0.29, 0.717) is 26.1 Å². The number of hydrogen-bond donors (Lipinski definition) is 2. The van der Waals surface area contributed by atoms with Crippen molar-refractivity contribution >= 4 is 11.8 Å². The summed E-state index contributed by atoms with van der Waals surface area (Å²) in [5.41, 5.74) is -1.28. The molecule has 0 aliphatic carbocycles. The first-order valence-corrected chi connectivity index (χ1v) is 11.1. The Labute approximate surface area is 189 Å². The zero-order valence-corrected chi connectivity index (χ0v) is 20.9. The number of hydrogen-bond acceptors (Lipinski definition) is 7. The van der Waals surface area contributed by atoms with Crippen molar-refractivity contribution in [3.8, 4) is 12.3 Å². The molecule has 0 aromatic rings. The van der Waals surface area contributed by atoms with Crippen LogP contribution in [0, 0.1) is 12.3 Å². The van der Waals surface area contributed by atoms with Crippen LogP contribution in [-0.2, 0) is 23.8 Å². The SMILES string of the molecule is C#CCOC(=O)CCC(NCC)C(=O)C(C)(C)NCCC(C)(C)OCCC(C)(C)OC. The van der Waals surface area contributed by atoms with Gasteiger partial charge in [-0.2, -0.15) is 0 Å². The zero-order chi connectivity index (χ0) is 24.1. The van der Waals surface area contributed by atoms with Crippen LogP contribution in [0.2, 0.25) is 0 Å². The number of Topliss-reactive ketones (excluding diaryl/α,β-unsaturated/α-hetero) is 1. The fraction of sp³-hybridized carbons (Fsp3) is 0.833. The maximum absolute atomic E-state index is 13.1. The van der Waals surface area contributed by atoms with Gasteiger partial charge < -0.3 is 24.8 Å². The Morgan fingerprint density at radius 2 is 1.71 bits per heavy atom. The summed E-state index contributed by atoms with van der Waals surface area (Å²) >= 11 is 0. The van der Waals surface area contributed by atoms with Gasteiger partial charge in [0, 0.05) is 13.5 Å². The van der Waals surface area contributed by atoms with E-state index in [-0.39, 0.29) is 30.0 Å². The van der Waals surface area contributed by atoms with Crippen molar-refractivity contribution in [1.29, 1.82) is 0 Å². The monoisotopic (exact) mass is 440 g/mol. The summed E-state index contributed by atoms with van der Waals surface area (Å²) in [6, 6.07) is -0.438. The second kappa shape index (κ2) is 13.8. The molecule has 0 heterocycles. The number of methoxy groups -OCH3 is 1. The Bertz CT molecular complexity index is 593. The van der Waals surface area contributed by atoms with Crippen molar-refractivity contribution < 1.29 is 23.8 Å². The summed E-state index contributed by atoms with van der Waals surface area (Å²) in [6.07, 6.45) is 7.16. The van der Waals surface area contributed by atoms with Crippen LogP contribution < -0.4 is 10.6 Å². The molecule has 0 aromatic carbocycles. The van der Waals surface area contributed by atoms with Gasteiger partial charge in [0.15, 0.2) is 12.4 Å². The molecule has 31 heavy (non-hydrogen) atoms. The summed E-state index contributed by atoms with van der Waals surface area (Å²) in [6.45, 7) is 15.6. The fourth-order valence-corrected chi connectivity index (χ4v) is 2.97. The molecule has 1 unspecified atom stereocenters. The van der Waals surface area contributed by atoms with Gasteiger partial charge in [0.1, 0.15) is 0 Å². The number of esters is 1. The van der Waals surface area contributed by atoms with Gasteiger partial charge in [-0.25, -0.2) is 0 Å². The number of nitrogens with one attached hydrogen (secondary N) is 2. The molecule has 0 aliphatic rings. The van der Waals surface area contributed by atoms with Crippen LogP contribution in [0.3, 0.4) is 0 Å². The number of carbonyl (C=O) groups is 2. The van der Waals surface area contributed by atoms with E-state index >= 15 is 0 Å². The van der Waals surface area contributed by atoms with Crippen molar-refractivity contribution in [2.75, 3.05) is 33.4 Å². The van der Waals surface area contributed by atoms with Crippen LogP contribution in [0.1, 0.15) is 74.1 Å². The van der Waals surface area contributed by atoms with Crippen LogP contribution in [-0.4, -0.2) is 67.9 Å². The lowest BCUT2D eigenvalue weighted by molar-refractivity contribution is -0.142. The van der Waals surface area contributed by atoms with Crippen molar-refractivity contribution in [3.05, 3.63) is 0 Å². The molecule has 0 radical (unpaired) electrons. The third-order valence-corrected chi connectivity index (χ3v) is 5.38. The van der Waals surface area contributed by atoms with E-state index in [1.807, 2.05) is 48.5 Å². The van der Waals surface area contributed by atoms with Gasteiger partial charge in [0.05, 0.1) is 29.4 Å². The molecule has 0 spiro atoms. The highest BCUT2D eigenvalue weighted by molar-refractivity contribution is 5.92. The van der Waals surface area contributed by atoms with Gasteiger partial charge in [0.25, 0.3) is 0 Å². The maximum Gasteiger partial charge on any atom is 0.306 e. The van der Waals surface area contributed by atoms with Gasteiger partial charge in [-0.3, -0.25) is 9.59 Å². The van der Waals surface area contributed by atoms with E-state index in [9.17, 15) is 9.59 Å². The Morgan fingerprint density at radius 3 is 2.26 bits per heavy atom. The average Bonchev–Trinajstić information content (AvgIpc) is 2.68. The van der Waals surface area contributed by atoms with Crippen molar-refractivity contribution in [2.45, 2.75) is 96.9 Å². The number of ketones is 1. The Morgan fingerprint density at radius 1 is 1.06 bits per heavy atom. The molecule has 0 aromatic heterocycles. The minimum absolute atomic E-state index is 0.0136. The van der Waals surface area contributed by atoms with E-state index in [0.717, 1.165) is 12.8 Å². The lowest BCUT2D eigenvalue weighted by atomic mass is 9.90. The molecule has 1 atom stereocenters. The molecular formula is C24H44N2O5. The topological polar surface area (TPSA) is 85.9 Å². The van der Waals surface area contributed by atoms with Gasteiger partial charge in [0.2, 0.25) is 0 Å². The van der Waals surface area contributed by atoms with E-state index in [1.54, 1.807) is 7.11 Å². The first-order chi connectivity index (χ1) is 14.3. The third-order valence-electron chi connectivity index (χ3n) is 5.38. The summed E-state index contributed by atoms with van der Waals surface area (Å²) in [5.74, 6) is 1.88. The quantitative estimate of drug-likeness (QED) is 0.266. The highest BCUT2D eigenvalue weighted by Gasteiger charge is 2.33. The molecule has 0 bridgehead atoms. The molecule has 0 saturated carbocycles. The van der Waals surface area contributed by atoms with E-state index < -0.39 is 17.6 Å². The lowest BCUT2D eigenvalue weighted by Gasteiger charge is -2.33. The fourth-order valence-electron chi connectivity index (χ4n) is 2.97. The standard InChI is InChI=1S/C24H44N2O5/c1-10-17-30-20(27)13-12-19(25-11-2)21(28)24(7,8)26-16-14-23(5,6)31-18-15-22(3,4)29-9/h1,19,25-26H,11-18H2,2-9H3. The van der Waals surface area contributed by atoms with Gasteiger partial charge in [-0.1, -0.05) is 12.8 Å². The average molecular weight is 441 g/mol. The molecule has 0 saturated heterocycles. The maximum atomic E-state index is 13.1. The van der Waals surface area contributed by atoms with Crippen LogP contribution in [0.4, 0.5) is 0 Å². The number of likely N-dealkylation sites (N-methyl/N-ethyl adjacent to an activating group) is 1. The van der Waals surface area contributed by atoms with Gasteiger partial charge in [-0.15, -0.1) is 6.42 Å². The van der Waals surface area contributed by atoms with E-state index in [2.05, 4.69) is 16.6 Å². The van der Waals surface area contributed by atoms with E-state index in [1.165, 1.54) is 0 Å². The van der Waals surface area contributed by atoms with Crippen molar-refractivity contribution in [2.24, 2.45) is 0 Å². The predicted octanol–water partition coefficient (Wildman–Crippen LogP) is 2.86. The van der Waals surface area contributed by atoms with Gasteiger partial charge in [-0.05, 0) is 73.9 Å². The largest absolute Gasteiger partial charge is 0.452 e. The molecule has 0 amide bonds. The number of ether oxygens (including phenoxy) is 3. The number of carbonyl (C=O) groups excluding carboxylic acids is 2. The Hall–Kier alpha value is -1.46. The van der Waals surface area contributed by atoms with Crippen LogP contribution in [0.5, 0.6) is 0 Å². The minimum atomic E-state index is -0.746. The normalized spacial score (nSPS) is 13.5. The lowest BCUT2D eigenvalue weighted by Crippen LogP contribution is -2.55. The minimum Gasteiger partial charge on any atom is -0.452 e. The van der Waals surface area contributed by atoms with Crippen molar-refractivity contribution in [1.82, 2.24) is 10.6 Å².